The fourth-order valence-electron chi connectivity index (χ4n) is 2.71. The highest BCUT2D eigenvalue weighted by molar-refractivity contribution is 9.10. The van der Waals surface area contributed by atoms with E-state index in [1.807, 2.05) is 12.1 Å². The Kier molecular flexibility index (Phi) is 4.41. The minimum absolute atomic E-state index is 0.140. The van der Waals surface area contributed by atoms with E-state index in [0.717, 1.165) is 25.1 Å². The van der Waals surface area contributed by atoms with Crippen LogP contribution < -0.4 is 5.73 Å². The van der Waals surface area contributed by atoms with Gasteiger partial charge in [-0.25, -0.2) is 4.39 Å². The molecule has 2 atom stereocenters. The van der Waals surface area contributed by atoms with Crippen LogP contribution in [0.2, 0.25) is 0 Å². The maximum absolute atomic E-state index is 13.3. The summed E-state index contributed by atoms with van der Waals surface area (Å²) in [6, 6.07) is 5.57. The molecule has 0 bridgehead atoms. The molecule has 1 fully saturated rings. The van der Waals surface area contributed by atoms with E-state index in [4.69, 9.17) is 5.73 Å². The van der Waals surface area contributed by atoms with Crippen molar-refractivity contribution in [2.45, 2.75) is 32.4 Å². The van der Waals surface area contributed by atoms with Crippen LogP contribution in [0.25, 0.3) is 0 Å². The number of hydrogen-bond donors (Lipinski definition) is 1. The molecule has 100 valence electrons. The summed E-state index contributed by atoms with van der Waals surface area (Å²) in [6.07, 6.45) is 1.01. The van der Waals surface area contributed by atoms with Crippen molar-refractivity contribution in [1.82, 2.24) is 4.90 Å². The number of likely N-dealkylation sites (tertiary alicyclic amines) is 1. The predicted octanol–water partition coefficient (Wildman–Crippen LogP) is 3.32. The normalized spacial score (nSPS) is 25.0. The Balaban J connectivity index is 2.24. The smallest absolute Gasteiger partial charge is 0.137 e. The molecule has 2 nitrogen and oxygen atoms in total. The van der Waals surface area contributed by atoms with Crippen LogP contribution in [-0.2, 0) is 0 Å². The van der Waals surface area contributed by atoms with Crippen LogP contribution in [0.5, 0.6) is 0 Å². The summed E-state index contributed by atoms with van der Waals surface area (Å²) < 4.78 is 13.8. The van der Waals surface area contributed by atoms with Crippen LogP contribution >= 0.6 is 15.9 Å². The summed E-state index contributed by atoms with van der Waals surface area (Å²) in [5.41, 5.74) is 7.32. The topological polar surface area (TPSA) is 29.3 Å². The third kappa shape index (κ3) is 2.92. The van der Waals surface area contributed by atoms with Gasteiger partial charge in [0.1, 0.15) is 5.82 Å². The Morgan fingerprint density at radius 2 is 2.22 bits per heavy atom. The first kappa shape index (κ1) is 14.0. The van der Waals surface area contributed by atoms with Crippen LogP contribution in [0.1, 0.15) is 31.9 Å². The molecule has 1 saturated heterocycles. The number of nitrogens with two attached hydrogens (primary N) is 1. The highest BCUT2D eigenvalue weighted by atomic mass is 79.9. The molecule has 1 aromatic rings. The van der Waals surface area contributed by atoms with Gasteiger partial charge in [-0.3, -0.25) is 4.90 Å². The number of benzene rings is 1. The van der Waals surface area contributed by atoms with E-state index >= 15 is 0 Å². The second kappa shape index (κ2) is 5.68. The minimum Gasteiger partial charge on any atom is -0.326 e. The highest BCUT2D eigenvalue weighted by Crippen LogP contribution is 2.33. The van der Waals surface area contributed by atoms with Gasteiger partial charge in [-0.05, 0) is 46.0 Å². The average Bonchev–Trinajstić information content (AvgIpc) is 2.63. The standard InChI is InChI=1S/C14H20BrFN2/c1-9(2)8-18-6-5-13(17)14(18)10-3-4-12(16)11(15)7-10/h3-4,7,9,13-14H,5-6,8,17H2,1-2H3. The molecule has 18 heavy (non-hydrogen) atoms. The van der Waals surface area contributed by atoms with E-state index in [-0.39, 0.29) is 17.9 Å². The van der Waals surface area contributed by atoms with E-state index in [1.54, 1.807) is 0 Å². The van der Waals surface area contributed by atoms with Gasteiger partial charge < -0.3 is 5.73 Å². The maximum atomic E-state index is 13.3. The van der Waals surface area contributed by atoms with Gasteiger partial charge in [0.15, 0.2) is 0 Å². The van der Waals surface area contributed by atoms with Crippen LogP contribution in [0, 0.1) is 11.7 Å². The molecule has 1 aromatic carbocycles. The van der Waals surface area contributed by atoms with Gasteiger partial charge in [-0.1, -0.05) is 19.9 Å². The molecule has 4 heteroatoms. The van der Waals surface area contributed by atoms with Crippen molar-refractivity contribution in [2.24, 2.45) is 11.7 Å². The fraction of sp³-hybridized carbons (Fsp3) is 0.571. The lowest BCUT2D eigenvalue weighted by Crippen LogP contribution is -2.33. The molecule has 0 aromatic heterocycles. The van der Waals surface area contributed by atoms with Gasteiger partial charge in [-0.2, -0.15) is 0 Å². The zero-order valence-electron chi connectivity index (χ0n) is 10.9. The quantitative estimate of drug-likeness (QED) is 0.927. The van der Waals surface area contributed by atoms with Crippen molar-refractivity contribution in [3.05, 3.63) is 34.1 Å². The number of nitrogens with zero attached hydrogens (tertiary/aromatic N) is 1. The average molecular weight is 315 g/mol. The van der Waals surface area contributed by atoms with E-state index in [1.165, 1.54) is 6.07 Å². The first-order valence-corrected chi connectivity index (χ1v) is 7.23. The predicted molar refractivity (Wildman–Crippen MR) is 75.8 cm³/mol. The summed E-state index contributed by atoms with van der Waals surface area (Å²) in [7, 11) is 0. The summed E-state index contributed by atoms with van der Waals surface area (Å²) >= 11 is 3.25. The Morgan fingerprint density at radius 1 is 1.50 bits per heavy atom. The summed E-state index contributed by atoms with van der Waals surface area (Å²) in [6.45, 7) is 6.48. The van der Waals surface area contributed by atoms with Gasteiger partial charge in [0, 0.05) is 25.2 Å². The molecule has 2 N–H and O–H groups in total. The van der Waals surface area contributed by atoms with Crippen LogP contribution in [-0.4, -0.2) is 24.0 Å². The molecule has 0 spiro atoms. The second-order valence-corrected chi connectivity index (χ2v) is 6.31. The van der Waals surface area contributed by atoms with Gasteiger partial charge in [-0.15, -0.1) is 0 Å². The van der Waals surface area contributed by atoms with Crippen molar-refractivity contribution >= 4 is 15.9 Å². The Hall–Kier alpha value is -0.450. The molecule has 1 heterocycles. The van der Waals surface area contributed by atoms with Gasteiger partial charge >= 0.3 is 0 Å². The minimum atomic E-state index is -0.222. The van der Waals surface area contributed by atoms with E-state index in [9.17, 15) is 4.39 Å². The molecule has 0 radical (unpaired) electrons. The highest BCUT2D eigenvalue weighted by Gasteiger charge is 2.33. The van der Waals surface area contributed by atoms with Crippen LogP contribution in [0.3, 0.4) is 0 Å². The Bertz CT molecular complexity index is 422. The van der Waals surface area contributed by atoms with E-state index in [0.29, 0.717) is 10.4 Å². The first-order valence-electron chi connectivity index (χ1n) is 6.43. The lowest BCUT2D eigenvalue weighted by Gasteiger charge is -2.28. The first-order chi connectivity index (χ1) is 8.49. The fourth-order valence-corrected chi connectivity index (χ4v) is 3.11. The molecule has 0 aliphatic carbocycles. The van der Waals surface area contributed by atoms with Crippen LogP contribution in [0.4, 0.5) is 4.39 Å². The summed E-state index contributed by atoms with van der Waals surface area (Å²) in [5, 5.41) is 0. The van der Waals surface area contributed by atoms with Gasteiger partial charge in [0.25, 0.3) is 0 Å². The molecule has 0 amide bonds. The number of hydrogen-bond acceptors (Lipinski definition) is 2. The van der Waals surface area contributed by atoms with Gasteiger partial charge in [0.05, 0.1) is 4.47 Å². The molecule has 1 aliphatic heterocycles. The molecular weight excluding hydrogens is 295 g/mol. The molecule has 2 rings (SSSR count). The second-order valence-electron chi connectivity index (χ2n) is 5.46. The lowest BCUT2D eigenvalue weighted by atomic mass is 10.00. The lowest BCUT2D eigenvalue weighted by molar-refractivity contribution is 0.221. The van der Waals surface area contributed by atoms with Gasteiger partial charge in [0.2, 0.25) is 0 Å². The zero-order valence-corrected chi connectivity index (χ0v) is 12.5. The monoisotopic (exact) mass is 314 g/mol. The third-order valence-corrected chi connectivity index (χ3v) is 4.04. The Morgan fingerprint density at radius 3 is 2.83 bits per heavy atom. The van der Waals surface area contributed by atoms with E-state index < -0.39 is 0 Å². The molecule has 0 saturated carbocycles. The van der Waals surface area contributed by atoms with Crippen molar-refractivity contribution in [2.75, 3.05) is 13.1 Å². The van der Waals surface area contributed by atoms with Crippen molar-refractivity contribution in [3.8, 4) is 0 Å². The number of rotatable bonds is 3. The SMILES string of the molecule is CC(C)CN1CCC(N)C1c1ccc(F)c(Br)c1. The summed E-state index contributed by atoms with van der Waals surface area (Å²) in [5.74, 6) is 0.391. The van der Waals surface area contributed by atoms with E-state index in [2.05, 4.69) is 34.7 Å². The molecule has 1 aliphatic rings. The van der Waals surface area contributed by atoms with Crippen molar-refractivity contribution in [1.29, 1.82) is 0 Å². The zero-order chi connectivity index (χ0) is 13.3. The maximum Gasteiger partial charge on any atom is 0.137 e. The molecular formula is C14H20BrFN2. The van der Waals surface area contributed by atoms with Crippen molar-refractivity contribution < 1.29 is 4.39 Å². The Labute approximate surface area is 116 Å². The van der Waals surface area contributed by atoms with Crippen molar-refractivity contribution in [3.63, 3.8) is 0 Å². The largest absolute Gasteiger partial charge is 0.326 e. The van der Waals surface area contributed by atoms with Crippen LogP contribution in [0.15, 0.2) is 22.7 Å². The number of halogens is 2. The molecule has 2 unspecified atom stereocenters. The third-order valence-electron chi connectivity index (χ3n) is 3.43. The summed E-state index contributed by atoms with van der Waals surface area (Å²) in [4.78, 5) is 2.41.